The van der Waals surface area contributed by atoms with Gasteiger partial charge in [0.15, 0.2) is 0 Å². The Labute approximate surface area is 129 Å². The molecule has 2 rings (SSSR count). The van der Waals surface area contributed by atoms with Crippen molar-refractivity contribution in [1.82, 2.24) is 4.90 Å². The number of hydrogen-bond donors (Lipinski definition) is 1. The molecule has 0 aromatic heterocycles. The predicted octanol–water partition coefficient (Wildman–Crippen LogP) is 4.22. The van der Waals surface area contributed by atoms with Gasteiger partial charge in [-0.25, -0.2) is 0 Å². The van der Waals surface area contributed by atoms with Gasteiger partial charge in [0.1, 0.15) is 0 Å². The monoisotopic (exact) mass is 344 g/mol. The SMILES string of the molecule is CCCN1CCCC(CN)C1c1ccc(Br)c(Cl)c1. The summed E-state index contributed by atoms with van der Waals surface area (Å²) in [5.74, 6) is 0.539. The van der Waals surface area contributed by atoms with Crippen molar-refractivity contribution in [2.45, 2.75) is 32.2 Å². The summed E-state index contributed by atoms with van der Waals surface area (Å²) in [6.07, 6.45) is 3.65. The van der Waals surface area contributed by atoms with Crippen LogP contribution in [0.1, 0.15) is 37.8 Å². The minimum Gasteiger partial charge on any atom is -0.330 e. The maximum absolute atomic E-state index is 6.25. The number of halogens is 2. The van der Waals surface area contributed by atoms with Gasteiger partial charge in [-0.1, -0.05) is 24.6 Å². The first-order valence-electron chi connectivity index (χ1n) is 7.06. The van der Waals surface area contributed by atoms with Crippen LogP contribution in [-0.4, -0.2) is 24.5 Å². The molecule has 2 atom stereocenters. The van der Waals surface area contributed by atoms with Crippen molar-refractivity contribution in [1.29, 1.82) is 0 Å². The van der Waals surface area contributed by atoms with Crippen LogP contribution < -0.4 is 5.73 Å². The molecule has 1 aliphatic rings. The van der Waals surface area contributed by atoms with Crippen molar-refractivity contribution in [3.63, 3.8) is 0 Å². The van der Waals surface area contributed by atoms with Crippen LogP contribution in [0.4, 0.5) is 0 Å². The number of piperidine rings is 1. The van der Waals surface area contributed by atoms with Crippen molar-refractivity contribution in [2.75, 3.05) is 19.6 Å². The summed E-state index contributed by atoms with van der Waals surface area (Å²) >= 11 is 9.71. The summed E-state index contributed by atoms with van der Waals surface area (Å²) < 4.78 is 0.958. The maximum Gasteiger partial charge on any atom is 0.0551 e. The van der Waals surface area contributed by atoms with Gasteiger partial charge in [-0.2, -0.15) is 0 Å². The molecule has 0 aliphatic carbocycles. The lowest BCUT2D eigenvalue weighted by molar-refractivity contribution is 0.0960. The van der Waals surface area contributed by atoms with E-state index in [0.717, 1.165) is 22.6 Å². The van der Waals surface area contributed by atoms with Gasteiger partial charge in [-0.3, -0.25) is 4.90 Å². The van der Waals surface area contributed by atoms with Crippen LogP contribution in [0.15, 0.2) is 22.7 Å². The van der Waals surface area contributed by atoms with E-state index in [4.69, 9.17) is 17.3 Å². The third-order valence-electron chi connectivity index (χ3n) is 3.96. The molecule has 2 N–H and O–H groups in total. The summed E-state index contributed by atoms with van der Waals surface area (Å²) in [7, 11) is 0. The molecule has 1 heterocycles. The van der Waals surface area contributed by atoms with Crippen molar-refractivity contribution in [3.8, 4) is 0 Å². The van der Waals surface area contributed by atoms with Crippen LogP contribution in [0.25, 0.3) is 0 Å². The fourth-order valence-electron chi connectivity index (χ4n) is 3.12. The van der Waals surface area contributed by atoms with Crippen molar-refractivity contribution >= 4 is 27.5 Å². The van der Waals surface area contributed by atoms with Crippen LogP contribution in [0.2, 0.25) is 5.02 Å². The quantitative estimate of drug-likeness (QED) is 0.885. The zero-order valence-corrected chi connectivity index (χ0v) is 13.8. The molecule has 2 nitrogen and oxygen atoms in total. The largest absolute Gasteiger partial charge is 0.330 e. The van der Waals surface area contributed by atoms with E-state index in [0.29, 0.717) is 12.0 Å². The van der Waals surface area contributed by atoms with Gasteiger partial charge in [0, 0.05) is 10.5 Å². The second-order valence-corrected chi connectivity index (χ2v) is 6.55. The van der Waals surface area contributed by atoms with E-state index in [1.807, 2.05) is 6.07 Å². The standard InChI is InChI=1S/C15H22BrClN2/c1-2-7-19-8-3-4-12(10-18)15(19)11-5-6-13(16)14(17)9-11/h5-6,9,12,15H,2-4,7-8,10,18H2,1H3. The Morgan fingerprint density at radius 2 is 2.26 bits per heavy atom. The molecule has 0 spiro atoms. The van der Waals surface area contributed by atoms with Gasteiger partial charge in [0.25, 0.3) is 0 Å². The first-order chi connectivity index (χ1) is 9.17. The lowest BCUT2D eigenvalue weighted by Crippen LogP contribution is -2.41. The molecule has 106 valence electrons. The fraction of sp³-hybridized carbons (Fsp3) is 0.600. The number of benzene rings is 1. The van der Waals surface area contributed by atoms with E-state index in [-0.39, 0.29) is 0 Å². The first kappa shape index (κ1) is 15.3. The highest BCUT2D eigenvalue weighted by Gasteiger charge is 2.31. The van der Waals surface area contributed by atoms with Crippen molar-refractivity contribution in [2.24, 2.45) is 11.7 Å². The Kier molecular flexibility index (Phi) is 5.70. The molecule has 2 unspecified atom stereocenters. The van der Waals surface area contributed by atoms with E-state index < -0.39 is 0 Å². The Morgan fingerprint density at radius 1 is 1.47 bits per heavy atom. The second kappa shape index (κ2) is 7.07. The minimum absolute atomic E-state index is 0.421. The Bertz CT molecular complexity index is 423. The van der Waals surface area contributed by atoms with Crippen LogP contribution in [0.5, 0.6) is 0 Å². The normalized spacial score (nSPS) is 24.6. The summed E-state index contributed by atoms with van der Waals surface area (Å²) in [4.78, 5) is 2.57. The molecule has 1 aromatic carbocycles. The van der Waals surface area contributed by atoms with E-state index >= 15 is 0 Å². The van der Waals surface area contributed by atoms with E-state index in [2.05, 4.69) is 39.9 Å². The highest BCUT2D eigenvalue weighted by molar-refractivity contribution is 9.10. The molecule has 0 bridgehead atoms. The van der Waals surface area contributed by atoms with E-state index in [9.17, 15) is 0 Å². The van der Waals surface area contributed by atoms with Crippen LogP contribution in [0.3, 0.4) is 0 Å². The summed E-state index contributed by atoms with van der Waals surface area (Å²) in [5, 5.41) is 0.787. The molecule has 19 heavy (non-hydrogen) atoms. The van der Waals surface area contributed by atoms with Crippen molar-refractivity contribution < 1.29 is 0 Å². The van der Waals surface area contributed by atoms with Gasteiger partial charge in [-0.05, 0) is 78.4 Å². The molecule has 4 heteroatoms. The van der Waals surface area contributed by atoms with Gasteiger partial charge in [0.05, 0.1) is 5.02 Å². The second-order valence-electron chi connectivity index (χ2n) is 5.29. The zero-order chi connectivity index (χ0) is 13.8. The molecule has 1 fully saturated rings. The number of hydrogen-bond acceptors (Lipinski definition) is 2. The molecular formula is C15H22BrClN2. The molecule has 0 amide bonds. The number of likely N-dealkylation sites (tertiary alicyclic amines) is 1. The Balaban J connectivity index is 2.30. The average molecular weight is 346 g/mol. The summed E-state index contributed by atoms with van der Waals surface area (Å²) in [6.45, 7) is 5.29. The predicted molar refractivity (Wildman–Crippen MR) is 85.5 cm³/mol. The summed E-state index contributed by atoms with van der Waals surface area (Å²) in [6, 6.07) is 6.73. The van der Waals surface area contributed by atoms with Gasteiger partial charge in [0.2, 0.25) is 0 Å². The highest BCUT2D eigenvalue weighted by Crippen LogP contribution is 2.37. The van der Waals surface area contributed by atoms with Crippen molar-refractivity contribution in [3.05, 3.63) is 33.3 Å². The minimum atomic E-state index is 0.421. The van der Waals surface area contributed by atoms with Crippen LogP contribution in [0, 0.1) is 5.92 Å². The molecule has 0 radical (unpaired) electrons. The zero-order valence-electron chi connectivity index (χ0n) is 11.4. The Morgan fingerprint density at radius 3 is 2.89 bits per heavy atom. The topological polar surface area (TPSA) is 29.3 Å². The van der Waals surface area contributed by atoms with E-state index in [1.165, 1.54) is 31.4 Å². The summed E-state index contributed by atoms with van der Waals surface area (Å²) in [5.41, 5.74) is 7.29. The van der Waals surface area contributed by atoms with E-state index in [1.54, 1.807) is 0 Å². The van der Waals surface area contributed by atoms with Crippen LogP contribution >= 0.6 is 27.5 Å². The third-order valence-corrected chi connectivity index (χ3v) is 5.19. The third kappa shape index (κ3) is 3.52. The highest BCUT2D eigenvalue weighted by atomic mass is 79.9. The van der Waals surface area contributed by atoms with Gasteiger partial charge >= 0.3 is 0 Å². The molecule has 0 saturated carbocycles. The fourth-order valence-corrected chi connectivity index (χ4v) is 3.55. The number of nitrogens with zero attached hydrogens (tertiary/aromatic N) is 1. The number of rotatable bonds is 4. The van der Waals surface area contributed by atoms with Gasteiger partial charge < -0.3 is 5.73 Å². The first-order valence-corrected chi connectivity index (χ1v) is 8.23. The lowest BCUT2D eigenvalue weighted by Gasteiger charge is -2.41. The number of nitrogens with two attached hydrogens (primary N) is 1. The maximum atomic E-state index is 6.25. The smallest absolute Gasteiger partial charge is 0.0551 e. The van der Waals surface area contributed by atoms with Gasteiger partial charge in [-0.15, -0.1) is 0 Å². The molecule has 1 aliphatic heterocycles. The van der Waals surface area contributed by atoms with Crippen LogP contribution in [-0.2, 0) is 0 Å². The lowest BCUT2D eigenvalue weighted by atomic mass is 9.84. The Hall–Kier alpha value is -0.0900. The molecular weight excluding hydrogens is 324 g/mol. The molecule has 1 saturated heterocycles. The average Bonchev–Trinajstić information content (AvgIpc) is 2.42. The molecule has 1 aromatic rings.